The number of halogens is 3. The van der Waals surface area contributed by atoms with E-state index in [0.29, 0.717) is 48.7 Å². The van der Waals surface area contributed by atoms with E-state index in [1.165, 1.54) is 11.8 Å². The second kappa shape index (κ2) is 10.0. The molecule has 1 N–H and O–H groups in total. The number of aliphatic imine (C=N–C) groups is 1. The Kier molecular flexibility index (Phi) is 7.11. The molecule has 0 atom stereocenters. The maximum Gasteiger partial charge on any atom is 0.264 e. The number of nitrogens with one attached hydrogen (secondary N) is 1. The molecular formula is C24H17Cl3N2O2S. The van der Waals surface area contributed by atoms with Crippen molar-refractivity contribution in [1.82, 2.24) is 5.32 Å². The van der Waals surface area contributed by atoms with E-state index in [-0.39, 0.29) is 5.91 Å². The summed E-state index contributed by atoms with van der Waals surface area (Å²) in [5.74, 6) is 0.362. The fourth-order valence-corrected chi connectivity index (χ4v) is 4.39. The highest BCUT2D eigenvalue weighted by molar-refractivity contribution is 8.18. The number of benzene rings is 3. The molecule has 3 aromatic carbocycles. The van der Waals surface area contributed by atoms with Crippen LogP contribution in [-0.4, -0.2) is 11.1 Å². The average molecular weight is 504 g/mol. The minimum Gasteiger partial charge on any atom is -0.488 e. The molecule has 1 saturated heterocycles. The van der Waals surface area contributed by atoms with Gasteiger partial charge in [-0.2, -0.15) is 0 Å². The Morgan fingerprint density at radius 3 is 2.62 bits per heavy atom. The molecule has 1 heterocycles. The molecule has 32 heavy (non-hydrogen) atoms. The second-order valence-corrected chi connectivity index (χ2v) is 9.28. The molecule has 8 heteroatoms. The Morgan fingerprint density at radius 1 is 1.03 bits per heavy atom. The predicted octanol–water partition coefficient (Wildman–Crippen LogP) is 7.43. The van der Waals surface area contributed by atoms with Crippen LogP contribution in [0.4, 0.5) is 5.69 Å². The number of hydrogen-bond donors (Lipinski definition) is 1. The Bertz CT molecular complexity index is 1260. The van der Waals surface area contributed by atoms with Crippen LogP contribution in [0.2, 0.25) is 15.1 Å². The number of nitrogens with zero attached hydrogens (tertiary/aromatic N) is 1. The van der Waals surface area contributed by atoms with Crippen LogP contribution in [0.3, 0.4) is 0 Å². The first-order chi connectivity index (χ1) is 15.4. The van der Waals surface area contributed by atoms with Crippen LogP contribution in [0.5, 0.6) is 5.75 Å². The first-order valence-electron chi connectivity index (χ1n) is 9.60. The van der Waals surface area contributed by atoms with Gasteiger partial charge in [-0.25, -0.2) is 4.99 Å². The Labute approximate surface area is 205 Å². The monoisotopic (exact) mass is 502 g/mol. The second-order valence-electron chi connectivity index (χ2n) is 6.97. The zero-order valence-corrected chi connectivity index (χ0v) is 19.9. The molecule has 4 rings (SSSR count). The largest absolute Gasteiger partial charge is 0.488 e. The molecule has 1 aliphatic rings. The molecule has 0 aliphatic carbocycles. The maximum atomic E-state index is 12.5. The van der Waals surface area contributed by atoms with Crippen LogP contribution >= 0.6 is 46.6 Å². The van der Waals surface area contributed by atoms with Crippen molar-refractivity contribution in [1.29, 1.82) is 0 Å². The van der Waals surface area contributed by atoms with E-state index < -0.39 is 0 Å². The molecule has 1 aliphatic heterocycles. The number of hydrogen-bond acceptors (Lipinski definition) is 4. The quantitative estimate of drug-likeness (QED) is 0.368. The SMILES string of the molecule is Cc1c(Cl)cccc1N=C1NC(=O)/C(=C/c2cc(Cl)ccc2OCc2cccc(Cl)c2)S1. The number of rotatable bonds is 5. The number of carbonyl (C=O) groups excluding carboxylic acids is 1. The van der Waals surface area contributed by atoms with E-state index in [0.717, 1.165) is 11.1 Å². The zero-order chi connectivity index (χ0) is 22.7. The van der Waals surface area contributed by atoms with Crippen LogP contribution < -0.4 is 10.1 Å². The summed E-state index contributed by atoms with van der Waals surface area (Å²) in [5, 5.41) is 5.08. The van der Waals surface area contributed by atoms with Gasteiger partial charge in [0.2, 0.25) is 0 Å². The summed E-state index contributed by atoms with van der Waals surface area (Å²) >= 11 is 19.7. The lowest BCUT2D eigenvalue weighted by molar-refractivity contribution is -0.115. The molecule has 4 nitrogen and oxygen atoms in total. The van der Waals surface area contributed by atoms with Crippen molar-refractivity contribution in [2.75, 3.05) is 0 Å². The average Bonchev–Trinajstić information content (AvgIpc) is 3.09. The van der Waals surface area contributed by atoms with Crippen molar-refractivity contribution < 1.29 is 9.53 Å². The Morgan fingerprint density at radius 2 is 1.81 bits per heavy atom. The number of amides is 1. The smallest absolute Gasteiger partial charge is 0.264 e. The molecule has 0 radical (unpaired) electrons. The summed E-state index contributed by atoms with van der Waals surface area (Å²) in [6, 6.07) is 18.2. The van der Waals surface area contributed by atoms with Gasteiger partial charge in [-0.1, -0.05) is 53.0 Å². The third-order valence-corrected chi connectivity index (χ3v) is 6.44. The van der Waals surface area contributed by atoms with Gasteiger partial charge in [-0.3, -0.25) is 4.79 Å². The van der Waals surface area contributed by atoms with Crippen LogP contribution in [0.25, 0.3) is 6.08 Å². The summed E-state index contributed by atoms with van der Waals surface area (Å²) in [6.07, 6.45) is 1.74. The van der Waals surface area contributed by atoms with Gasteiger partial charge in [-0.05, 0) is 78.4 Å². The summed E-state index contributed by atoms with van der Waals surface area (Å²) in [5.41, 5.74) is 3.18. The van der Waals surface area contributed by atoms with E-state index in [9.17, 15) is 4.79 Å². The summed E-state index contributed by atoms with van der Waals surface area (Å²) in [7, 11) is 0. The van der Waals surface area contributed by atoms with E-state index >= 15 is 0 Å². The molecule has 0 saturated carbocycles. The highest BCUT2D eigenvalue weighted by Gasteiger charge is 2.24. The van der Waals surface area contributed by atoms with Gasteiger partial charge in [0.25, 0.3) is 5.91 Å². The highest BCUT2D eigenvalue weighted by atomic mass is 35.5. The molecule has 1 fully saturated rings. The first kappa shape index (κ1) is 22.7. The van der Waals surface area contributed by atoms with Crippen LogP contribution in [0.1, 0.15) is 16.7 Å². The lowest BCUT2D eigenvalue weighted by Gasteiger charge is -2.10. The summed E-state index contributed by atoms with van der Waals surface area (Å²) in [4.78, 5) is 17.6. The number of ether oxygens (including phenoxy) is 1. The number of carbonyl (C=O) groups is 1. The minimum absolute atomic E-state index is 0.241. The van der Waals surface area contributed by atoms with Gasteiger partial charge in [0.05, 0.1) is 10.6 Å². The van der Waals surface area contributed by atoms with Gasteiger partial charge in [0.1, 0.15) is 12.4 Å². The number of thioether (sulfide) groups is 1. The van der Waals surface area contributed by atoms with Crippen molar-refractivity contribution >= 4 is 69.4 Å². The minimum atomic E-state index is -0.241. The first-order valence-corrected chi connectivity index (χ1v) is 11.6. The van der Waals surface area contributed by atoms with E-state index in [2.05, 4.69) is 10.3 Å². The van der Waals surface area contributed by atoms with Crippen LogP contribution in [0.15, 0.2) is 70.6 Å². The fraction of sp³-hybridized carbons (Fsp3) is 0.0833. The fourth-order valence-electron chi connectivity index (χ4n) is 3.00. The highest BCUT2D eigenvalue weighted by Crippen LogP contribution is 2.33. The molecule has 0 spiro atoms. The van der Waals surface area contributed by atoms with Crippen molar-refractivity contribution in [3.05, 3.63) is 97.3 Å². The lowest BCUT2D eigenvalue weighted by Crippen LogP contribution is -2.19. The molecule has 162 valence electrons. The number of amidine groups is 1. The van der Waals surface area contributed by atoms with Crippen molar-refractivity contribution in [2.45, 2.75) is 13.5 Å². The van der Waals surface area contributed by atoms with E-state index in [1.807, 2.05) is 43.3 Å². The van der Waals surface area contributed by atoms with Crippen molar-refractivity contribution in [3.63, 3.8) is 0 Å². The molecule has 0 aromatic heterocycles. The molecule has 3 aromatic rings. The lowest BCUT2D eigenvalue weighted by atomic mass is 10.1. The summed E-state index contributed by atoms with van der Waals surface area (Å²) in [6.45, 7) is 2.22. The Hall–Kier alpha value is -2.44. The van der Waals surface area contributed by atoms with Gasteiger partial charge in [0.15, 0.2) is 5.17 Å². The van der Waals surface area contributed by atoms with Crippen LogP contribution in [-0.2, 0) is 11.4 Å². The standard InChI is InChI=1S/C24H17Cl3N2O2S/c1-14-19(27)6-3-7-20(14)28-24-29-23(30)22(32-24)12-16-11-18(26)8-9-21(16)31-13-15-4-2-5-17(25)10-15/h2-12H,13H2,1H3,(H,28,29,30)/b22-12-. The zero-order valence-electron chi connectivity index (χ0n) is 16.9. The van der Waals surface area contributed by atoms with Crippen molar-refractivity contribution in [2.24, 2.45) is 4.99 Å². The molecule has 0 bridgehead atoms. The van der Waals surface area contributed by atoms with Gasteiger partial charge < -0.3 is 10.1 Å². The van der Waals surface area contributed by atoms with Crippen LogP contribution in [0, 0.1) is 6.92 Å². The maximum absolute atomic E-state index is 12.5. The van der Waals surface area contributed by atoms with Gasteiger partial charge in [0, 0.05) is 20.6 Å². The molecule has 1 amide bonds. The third-order valence-electron chi connectivity index (χ3n) is 4.65. The van der Waals surface area contributed by atoms with Gasteiger partial charge >= 0.3 is 0 Å². The van der Waals surface area contributed by atoms with Gasteiger partial charge in [-0.15, -0.1) is 0 Å². The van der Waals surface area contributed by atoms with E-state index in [1.54, 1.807) is 30.3 Å². The van der Waals surface area contributed by atoms with Crippen molar-refractivity contribution in [3.8, 4) is 5.75 Å². The predicted molar refractivity (Wildman–Crippen MR) is 134 cm³/mol. The Balaban J connectivity index is 1.58. The molecule has 0 unspecified atom stereocenters. The van der Waals surface area contributed by atoms with E-state index in [4.69, 9.17) is 39.5 Å². The normalized spacial score (nSPS) is 15.9. The third kappa shape index (κ3) is 5.48. The molecular weight excluding hydrogens is 487 g/mol. The summed E-state index contributed by atoms with van der Waals surface area (Å²) < 4.78 is 5.98. The topological polar surface area (TPSA) is 50.7 Å².